The van der Waals surface area contributed by atoms with E-state index in [2.05, 4.69) is 15.8 Å². The van der Waals surface area contributed by atoms with Crippen LogP contribution in [0.1, 0.15) is 12.5 Å². The molecule has 22 heavy (non-hydrogen) atoms. The maximum Gasteiger partial charge on any atom is 0.259 e. The van der Waals surface area contributed by atoms with E-state index in [4.69, 9.17) is 17.3 Å². The van der Waals surface area contributed by atoms with Crippen molar-refractivity contribution in [2.75, 3.05) is 17.6 Å². The highest BCUT2D eigenvalue weighted by atomic mass is 35.5. The lowest BCUT2D eigenvalue weighted by molar-refractivity contribution is -0.119. The monoisotopic (exact) mass is 316 g/mol. The van der Waals surface area contributed by atoms with Gasteiger partial charge < -0.3 is 11.1 Å². The van der Waals surface area contributed by atoms with Gasteiger partial charge in [0.25, 0.3) is 5.91 Å². The van der Waals surface area contributed by atoms with Crippen molar-refractivity contribution in [1.29, 1.82) is 0 Å². The summed E-state index contributed by atoms with van der Waals surface area (Å²) in [4.78, 5) is 11.8. The number of hydrogen-bond donors (Lipinski definition) is 3. The summed E-state index contributed by atoms with van der Waals surface area (Å²) in [5.41, 5.74) is 11.1. The lowest BCUT2D eigenvalue weighted by Gasteiger charge is -2.07. The van der Waals surface area contributed by atoms with Crippen LogP contribution in [-0.2, 0) is 4.79 Å². The molecule has 0 atom stereocenters. The van der Waals surface area contributed by atoms with Gasteiger partial charge in [0.15, 0.2) is 0 Å². The molecule has 0 spiro atoms. The lowest BCUT2D eigenvalue weighted by atomic mass is 10.1. The van der Waals surface area contributed by atoms with Crippen LogP contribution in [0.15, 0.2) is 53.6 Å². The highest BCUT2D eigenvalue weighted by molar-refractivity contribution is 6.33. The fourth-order valence-electron chi connectivity index (χ4n) is 1.79. The fraction of sp³-hybridized carbons (Fsp3) is 0.125. The Labute approximate surface area is 134 Å². The molecule has 2 rings (SSSR count). The first-order valence-electron chi connectivity index (χ1n) is 6.73. The molecule has 0 aliphatic rings. The van der Waals surface area contributed by atoms with E-state index in [1.165, 1.54) is 0 Å². The fourth-order valence-corrected chi connectivity index (χ4v) is 2.00. The molecule has 0 unspecified atom stereocenters. The Bertz CT molecular complexity index is 700. The van der Waals surface area contributed by atoms with Gasteiger partial charge in [-0.3, -0.25) is 4.79 Å². The zero-order valence-electron chi connectivity index (χ0n) is 12.1. The minimum atomic E-state index is -0.261. The Hall–Kier alpha value is -2.53. The number of para-hydroxylation sites is 1. The second kappa shape index (κ2) is 7.47. The zero-order valence-corrected chi connectivity index (χ0v) is 12.9. The maximum atomic E-state index is 11.8. The Morgan fingerprint density at radius 3 is 2.73 bits per heavy atom. The molecular formula is C16H17ClN4O. The molecule has 0 aliphatic heterocycles. The number of hydrazone groups is 1. The molecule has 2 aromatic carbocycles. The van der Waals surface area contributed by atoms with Crippen molar-refractivity contribution in [1.82, 2.24) is 5.43 Å². The molecule has 0 aromatic heterocycles. The maximum absolute atomic E-state index is 11.8. The highest BCUT2D eigenvalue weighted by Gasteiger charge is 2.03. The van der Waals surface area contributed by atoms with Crippen LogP contribution < -0.4 is 16.5 Å². The largest absolute Gasteiger partial charge is 0.399 e. The Balaban J connectivity index is 1.90. The molecule has 4 N–H and O–H groups in total. The summed E-state index contributed by atoms with van der Waals surface area (Å²) in [6, 6.07) is 14.5. The number of nitrogens with two attached hydrogens (primary N) is 1. The molecule has 0 radical (unpaired) electrons. The smallest absolute Gasteiger partial charge is 0.259 e. The molecule has 0 saturated heterocycles. The molecule has 2 aromatic rings. The number of benzene rings is 2. The van der Waals surface area contributed by atoms with Crippen molar-refractivity contribution in [2.45, 2.75) is 6.92 Å². The van der Waals surface area contributed by atoms with Gasteiger partial charge in [-0.1, -0.05) is 35.9 Å². The number of anilines is 2. The third-order valence-electron chi connectivity index (χ3n) is 2.97. The van der Waals surface area contributed by atoms with Crippen molar-refractivity contribution in [3.63, 3.8) is 0 Å². The number of hydrogen-bond acceptors (Lipinski definition) is 4. The van der Waals surface area contributed by atoms with Gasteiger partial charge in [0, 0.05) is 5.69 Å². The minimum Gasteiger partial charge on any atom is -0.399 e. The van der Waals surface area contributed by atoms with Gasteiger partial charge in [0.2, 0.25) is 0 Å². The average molecular weight is 317 g/mol. The van der Waals surface area contributed by atoms with Gasteiger partial charge in [-0.15, -0.1) is 0 Å². The second-order valence-corrected chi connectivity index (χ2v) is 5.10. The van der Waals surface area contributed by atoms with Crippen LogP contribution in [0, 0.1) is 0 Å². The third-order valence-corrected chi connectivity index (χ3v) is 3.30. The van der Waals surface area contributed by atoms with Crippen molar-refractivity contribution in [2.24, 2.45) is 5.10 Å². The SMILES string of the molecule is CC(=NNC(=O)CNc1ccccc1Cl)c1cccc(N)c1. The summed E-state index contributed by atoms with van der Waals surface area (Å²) >= 11 is 6.00. The van der Waals surface area contributed by atoms with E-state index >= 15 is 0 Å². The number of nitrogens with one attached hydrogen (secondary N) is 2. The van der Waals surface area contributed by atoms with E-state index in [-0.39, 0.29) is 12.5 Å². The standard InChI is InChI=1S/C16H17ClN4O/c1-11(12-5-4-6-13(18)9-12)20-21-16(22)10-19-15-8-3-2-7-14(15)17/h2-9,19H,10,18H2,1H3,(H,21,22). The zero-order chi connectivity index (χ0) is 15.9. The van der Waals surface area contributed by atoms with E-state index in [1.807, 2.05) is 24.3 Å². The first-order chi connectivity index (χ1) is 10.6. The van der Waals surface area contributed by atoms with Crippen LogP contribution >= 0.6 is 11.6 Å². The van der Waals surface area contributed by atoms with E-state index in [1.54, 1.807) is 31.2 Å². The van der Waals surface area contributed by atoms with Gasteiger partial charge in [-0.2, -0.15) is 5.10 Å². The predicted molar refractivity (Wildman–Crippen MR) is 91.1 cm³/mol. The van der Waals surface area contributed by atoms with Crippen LogP contribution in [0.5, 0.6) is 0 Å². The number of carbonyl (C=O) groups excluding carboxylic acids is 1. The number of carbonyl (C=O) groups is 1. The Morgan fingerprint density at radius 1 is 1.23 bits per heavy atom. The number of nitrogens with zero attached hydrogens (tertiary/aromatic N) is 1. The number of halogens is 1. The molecule has 6 heteroatoms. The van der Waals surface area contributed by atoms with Crippen LogP contribution in [0.2, 0.25) is 5.02 Å². The summed E-state index contributed by atoms with van der Waals surface area (Å²) in [5, 5.41) is 7.58. The van der Waals surface area contributed by atoms with Gasteiger partial charge in [-0.05, 0) is 36.8 Å². The summed E-state index contributed by atoms with van der Waals surface area (Å²) in [6.07, 6.45) is 0. The summed E-state index contributed by atoms with van der Waals surface area (Å²) in [7, 11) is 0. The Kier molecular flexibility index (Phi) is 5.38. The predicted octanol–water partition coefficient (Wildman–Crippen LogP) is 2.87. The molecule has 1 amide bonds. The minimum absolute atomic E-state index is 0.0808. The van der Waals surface area contributed by atoms with E-state index < -0.39 is 0 Å². The Morgan fingerprint density at radius 2 is 2.00 bits per heavy atom. The normalized spacial score (nSPS) is 11.1. The third kappa shape index (κ3) is 4.49. The highest BCUT2D eigenvalue weighted by Crippen LogP contribution is 2.19. The van der Waals surface area contributed by atoms with Crippen molar-refractivity contribution in [3.8, 4) is 0 Å². The first-order valence-corrected chi connectivity index (χ1v) is 7.11. The summed E-state index contributed by atoms with van der Waals surface area (Å²) in [6.45, 7) is 1.88. The van der Waals surface area contributed by atoms with Crippen LogP contribution in [0.25, 0.3) is 0 Å². The van der Waals surface area contributed by atoms with Gasteiger partial charge in [0.1, 0.15) is 0 Å². The van der Waals surface area contributed by atoms with Gasteiger partial charge in [0.05, 0.1) is 23.0 Å². The molecule has 0 heterocycles. The summed E-state index contributed by atoms with van der Waals surface area (Å²) in [5.74, 6) is -0.261. The summed E-state index contributed by atoms with van der Waals surface area (Å²) < 4.78 is 0. The first kappa shape index (κ1) is 15.9. The van der Waals surface area contributed by atoms with Crippen LogP contribution in [0.4, 0.5) is 11.4 Å². The van der Waals surface area contributed by atoms with E-state index in [0.717, 1.165) is 5.56 Å². The molecule has 0 bridgehead atoms. The molecule has 114 valence electrons. The van der Waals surface area contributed by atoms with Crippen molar-refractivity contribution in [3.05, 3.63) is 59.1 Å². The molecular weight excluding hydrogens is 300 g/mol. The molecule has 0 fully saturated rings. The lowest BCUT2D eigenvalue weighted by Crippen LogP contribution is -2.26. The number of nitrogen functional groups attached to an aromatic ring is 1. The molecule has 0 aliphatic carbocycles. The average Bonchev–Trinajstić information content (AvgIpc) is 2.52. The van der Waals surface area contributed by atoms with Crippen molar-refractivity contribution >= 4 is 34.6 Å². The van der Waals surface area contributed by atoms with Crippen LogP contribution in [-0.4, -0.2) is 18.2 Å². The topological polar surface area (TPSA) is 79.5 Å². The van der Waals surface area contributed by atoms with Crippen LogP contribution in [0.3, 0.4) is 0 Å². The van der Waals surface area contributed by atoms with E-state index in [9.17, 15) is 4.79 Å². The van der Waals surface area contributed by atoms with E-state index in [0.29, 0.717) is 22.1 Å². The quantitative estimate of drug-likeness (QED) is 0.451. The van der Waals surface area contributed by atoms with Gasteiger partial charge >= 0.3 is 0 Å². The molecule has 0 saturated carbocycles. The number of amides is 1. The molecule has 5 nitrogen and oxygen atoms in total. The number of rotatable bonds is 5. The second-order valence-electron chi connectivity index (χ2n) is 4.69. The van der Waals surface area contributed by atoms with Gasteiger partial charge in [-0.25, -0.2) is 5.43 Å². The van der Waals surface area contributed by atoms with Crippen molar-refractivity contribution < 1.29 is 4.79 Å².